The van der Waals surface area contributed by atoms with Crippen molar-refractivity contribution < 1.29 is 9.18 Å². The number of aromatic nitrogens is 1. The van der Waals surface area contributed by atoms with Crippen LogP contribution in [0.15, 0.2) is 42.6 Å². The summed E-state index contributed by atoms with van der Waals surface area (Å²) >= 11 is 0. The molecule has 0 fully saturated rings. The van der Waals surface area contributed by atoms with Crippen molar-refractivity contribution in [3.05, 3.63) is 65.1 Å². The molecule has 4 heteroatoms. The number of ketones is 1. The molecule has 0 saturated carbocycles. The third-order valence-electron chi connectivity index (χ3n) is 3.34. The van der Waals surface area contributed by atoms with Gasteiger partial charge in [-0.1, -0.05) is 11.6 Å². The fourth-order valence-corrected chi connectivity index (χ4v) is 2.31. The van der Waals surface area contributed by atoms with E-state index >= 15 is 0 Å². The lowest BCUT2D eigenvalue weighted by atomic mass is 10.0. The number of nitrogens with one attached hydrogen (secondary N) is 1. The van der Waals surface area contributed by atoms with Crippen LogP contribution in [0, 0.1) is 12.7 Å². The number of fused-ring (bicyclic) bond motifs is 1. The highest BCUT2D eigenvalue weighted by atomic mass is 19.1. The van der Waals surface area contributed by atoms with E-state index in [2.05, 4.69) is 4.98 Å². The first kappa shape index (κ1) is 12.4. The standard InChI is InChI=1S/C16H13FN2O/c1-9-2-5-15-12(6-9)13(8-19-15)16(20)11-4-3-10(17)7-14(11)18/h2-8,19H,18H2,1H3. The molecule has 2 aromatic carbocycles. The molecule has 0 aliphatic carbocycles. The van der Waals surface area contributed by atoms with Gasteiger partial charge in [-0.15, -0.1) is 0 Å². The van der Waals surface area contributed by atoms with Crippen molar-refractivity contribution in [1.82, 2.24) is 4.98 Å². The molecule has 0 spiro atoms. The Morgan fingerprint density at radius 3 is 2.70 bits per heavy atom. The molecule has 1 heterocycles. The molecule has 0 radical (unpaired) electrons. The van der Waals surface area contributed by atoms with E-state index in [1.165, 1.54) is 12.1 Å². The number of aryl methyl sites for hydroxylation is 1. The van der Waals surface area contributed by atoms with E-state index in [1.54, 1.807) is 6.20 Å². The number of carbonyl (C=O) groups excluding carboxylic acids is 1. The summed E-state index contributed by atoms with van der Waals surface area (Å²) in [5.74, 6) is -0.659. The summed E-state index contributed by atoms with van der Waals surface area (Å²) in [7, 11) is 0. The molecular weight excluding hydrogens is 255 g/mol. The maximum absolute atomic E-state index is 13.1. The molecule has 0 bridgehead atoms. The summed E-state index contributed by atoms with van der Waals surface area (Å²) < 4.78 is 13.1. The normalized spacial score (nSPS) is 10.9. The van der Waals surface area contributed by atoms with Gasteiger partial charge in [-0.25, -0.2) is 4.39 Å². The zero-order valence-electron chi connectivity index (χ0n) is 10.9. The van der Waals surface area contributed by atoms with E-state index in [4.69, 9.17) is 5.73 Å². The first-order valence-electron chi connectivity index (χ1n) is 6.24. The lowest BCUT2D eigenvalue weighted by Gasteiger charge is -2.04. The van der Waals surface area contributed by atoms with E-state index in [-0.39, 0.29) is 11.5 Å². The van der Waals surface area contributed by atoms with Crippen molar-refractivity contribution in [1.29, 1.82) is 0 Å². The summed E-state index contributed by atoms with van der Waals surface area (Å²) in [5.41, 5.74) is 8.69. The third kappa shape index (κ3) is 1.95. The topological polar surface area (TPSA) is 58.9 Å². The zero-order valence-corrected chi connectivity index (χ0v) is 10.9. The molecular formula is C16H13FN2O. The first-order chi connectivity index (χ1) is 9.56. The molecule has 0 unspecified atom stereocenters. The van der Waals surface area contributed by atoms with Crippen molar-refractivity contribution in [2.75, 3.05) is 5.73 Å². The van der Waals surface area contributed by atoms with Crippen LogP contribution in [0.2, 0.25) is 0 Å². The Labute approximate surface area is 115 Å². The molecule has 0 saturated heterocycles. The highest BCUT2D eigenvalue weighted by Gasteiger charge is 2.16. The predicted molar refractivity (Wildman–Crippen MR) is 77.3 cm³/mol. The van der Waals surface area contributed by atoms with Crippen molar-refractivity contribution in [2.24, 2.45) is 0 Å². The van der Waals surface area contributed by atoms with Crippen LogP contribution in [0.3, 0.4) is 0 Å². The summed E-state index contributed by atoms with van der Waals surface area (Å²) in [6.07, 6.45) is 1.66. The van der Waals surface area contributed by atoms with Gasteiger partial charge < -0.3 is 10.7 Å². The summed E-state index contributed by atoms with van der Waals surface area (Å²) in [5, 5.41) is 0.846. The largest absolute Gasteiger partial charge is 0.398 e. The predicted octanol–water partition coefficient (Wildman–Crippen LogP) is 3.43. The lowest BCUT2D eigenvalue weighted by Crippen LogP contribution is -2.05. The Morgan fingerprint density at radius 2 is 1.95 bits per heavy atom. The van der Waals surface area contributed by atoms with Crippen molar-refractivity contribution in [3.8, 4) is 0 Å². The molecule has 1 aromatic heterocycles. The zero-order chi connectivity index (χ0) is 14.3. The van der Waals surface area contributed by atoms with Crippen LogP contribution in [0.4, 0.5) is 10.1 Å². The molecule has 0 amide bonds. The number of carbonyl (C=O) groups is 1. The smallest absolute Gasteiger partial charge is 0.197 e. The number of hydrogen-bond acceptors (Lipinski definition) is 2. The molecule has 3 rings (SSSR count). The van der Waals surface area contributed by atoms with Crippen LogP contribution in [0.25, 0.3) is 10.9 Å². The number of anilines is 1. The summed E-state index contributed by atoms with van der Waals surface area (Å²) in [6, 6.07) is 9.66. The Bertz CT molecular complexity index is 820. The minimum atomic E-state index is -0.450. The Hall–Kier alpha value is -2.62. The van der Waals surface area contributed by atoms with Crippen LogP contribution in [0.5, 0.6) is 0 Å². The number of nitrogen functional groups attached to an aromatic ring is 1. The Balaban J connectivity index is 2.15. The second kappa shape index (κ2) is 4.49. The minimum absolute atomic E-state index is 0.150. The third-order valence-corrected chi connectivity index (χ3v) is 3.34. The van der Waals surface area contributed by atoms with Gasteiger partial charge in [-0.05, 0) is 37.3 Å². The molecule has 100 valence electrons. The van der Waals surface area contributed by atoms with Crippen LogP contribution >= 0.6 is 0 Å². The minimum Gasteiger partial charge on any atom is -0.398 e. The van der Waals surface area contributed by atoms with Gasteiger partial charge in [0.2, 0.25) is 0 Å². The van der Waals surface area contributed by atoms with Gasteiger partial charge >= 0.3 is 0 Å². The van der Waals surface area contributed by atoms with Crippen LogP contribution in [-0.2, 0) is 0 Å². The van der Waals surface area contributed by atoms with Gasteiger partial charge in [0.05, 0.1) is 0 Å². The van der Waals surface area contributed by atoms with E-state index in [0.29, 0.717) is 11.1 Å². The maximum atomic E-state index is 13.1. The van der Waals surface area contributed by atoms with Crippen molar-refractivity contribution in [3.63, 3.8) is 0 Å². The second-order valence-corrected chi connectivity index (χ2v) is 4.81. The fraction of sp³-hybridized carbons (Fsp3) is 0.0625. The SMILES string of the molecule is Cc1ccc2[nH]cc(C(=O)c3ccc(F)cc3N)c2c1. The quantitative estimate of drug-likeness (QED) is 0.552. The van der Waals surface area contributed by atoms with E-state index in [0.717, 1.165) is 22.5 Å². The van der Waals surface area contributed by atoms with Gasteiger partial charge in [0.1, 0.15) is 5.82 Å². The number of aromatic amines is 1. The summed E-state index contributed by atoms with van der Waals surface area (Å²) in [4.78, 5) is 15.6. The van der Waals surface area contributed by atoms with Crippen LogP contribution in [-0.4, -0.2) is 10.8 Å². The number of benzene rings is 2. The molecule has 20 heavy (non-hydrogen) atoms. The van der Waals surface area contributed by atoms with Gasteiger partial charge in [0.25, 0.3) is 0 Å². The van der Waals surface area contributed by atoms with Crippen molar-refractivity contribution >= 4 is 22.4 Å². The maximum Gasteiger partial charge on any atom is 0.197 e. The average molecular weight is 268 g/mol. The number of rotatable bonds is 2. The number of nitrogens with two attached hydrogens (primary N) is 1. The van der Waals surface area contributed by atoms with E-state index < -0.39 is 5.82 Å². The Kier molecular flexibility index (Phi) is 2.79. The summed E-state index contributed by atoms with van der Waals surface area (Å²) in [6.45, 7) is 1.97. The molecule has 3 aromatic rings. The average Bonchev–Trinajstić information content (AvgIpc) is 2.81. The lowest BCUT2D eigenvalue weighted by molar-refractivity contribution is 0.104. The van der Waals surface area contributed by atoms with Gasteiger partial charge in [-0.2, -0.15) is 0 Å². The first-order valence-corrected chi connectivity index (χ1v) is 6.24. The molecule has 3 nitrogen and oxygen atoms in total. The number of halogens is 1. The second-order valence-electron chi connectivity index (χ2n) is 4.81. The Morgan fingerprint density at radius 1 is 1.15 bits per heavy atom. The highest BCUT2D eigenvalue weighted by molar-refractivity contribution is 6.18. The van der Waals surface area contributed by atoms with Crippen molar-refractivity contribution in [2.45, 2.75) is 6.92 Å². The van der Waals surface area contributed by atoms with Gasteiger partial charge in [0.15, 0.2) is 5.78 Å². The monoisotopic (exact) mass is 268 g/mol. The van der Waals surface area contributed by atoms with E-state index in [1.807, 2.05) is 25.1 Å². The van der Waals surface area contributed by atoms with E-state index in [9.17, 15) is 9.18 Å². The van der Waals surface area contributed by atoms with Gasteiger partial charge in [-0.3, -0.25) is 4.79 Å². The van der Waals surface area contributed by atoms with Crippen LogP contribution < -0.4 is 5.73 Å². The molecule has 3 N–H and O–H groups in total. The number of H-pyrrole nitrogens is 1. The van der Waals surface area contributed by atoms with Crippen LogP contribution in [0.1, 0.15) is 21.5 Å². The molecule has 0 atom stereocenters. The van der Waals surface area contributed by atoms with Gasteiger partial charge in [0, 0.05) is 33.9 Å². The number of hydrogen-bond donors (Lipinski definition) is 2. The highest BCUT2D eigenvalue weighted by Crippen LogP contribution is 2.24. The molecule has 0 aliphatic rings. The molecule has 0 aliphatic heterocycles. The fourth-order valence-electron chi connectivity index (χ4n) is 2.31.